The normalized spacial score (nSPS) is 27.3. The molecule has 3 unspecified atom stereocenters. The highest BCUT2D eigenvalue weighted by atomic mass is 19.1. The van der Waals surface area contributed by atoms with E-state index in [1.165, 1.54) is 49.4 Å². The molecule has 3 rings (SSSR count). The van der Waals surface area contributed by atoms with E-state index in [9.17, 15) is 8.78 Å². The maximum Gasteiger partial charge on any atom is 0.129 e. The lowest BCUT2D eigenvalue weighted by Gasteiger charge is -2.42. The summed E-state index contributed by atoms with van der Waals surface area (Å²) in [7, 11) is 2.04. The zero-order valence-corrected chi connectivity index (χ0v) is 18.0. The number of rotatable bonds is 5. The van der Waals surface area contributed by atoms with Gasteiger partial charge in [0, 0.05) is 30.5 Å². The Kier molecular flexibility index (Phi) is 7.28. The molecule has 0 radical (unpaired) electrons. The highest BCUT2D eigenvalue weighted by Crippen LogP contribution is 2.40. The molecule has 0 spiro atoms. The van der Waals surface area contributed by atoms with Gasteiger partial charge in [0.05, 0.1) is 0 Å². The van der Waals surface area contributed by atoms with Crippen LogP contribution in [0.2, 0.25) is 0 Å². The predicted molar refractivity (Wildman–Crippen MR) is 116 cm³/mol. The minimum absolute atomic E-state index is 0.415. The second kappa shape index (κ2) is 9.71. The molecule has 158 valence electrons. The molecule has 1 aliphatic heterocycles. The minimum Gasteiger partial charge on any atom is -0.349 e. The van der Waals surface area contributed by atoms with E-state index in [1.54, 1.807) is 6.07 Å². The van der Waals surface area contributed by atoms with E-state index in [0.29, 0.717) is 23.9 Å². The van der Waals surface area contributed by atoms with E-state index in [0.717, 1.165) is 24.1 Å². The number of hydrogen-bond donors (Lipinski definition) is 1. The quantitative estimate of drug-likeness (QED) is 0.655. The smallest absolute Gasteiger partial charge is 0.129 e. The van der Waals surface area contributed by atoms with Gasteiger partial charge >= 0.3 is 0 Å². The summed E-state index contributed by atoms with van der Waals surface area (Å²) in [6, 6.07) is 4.25. The Morgan fingerprint density at radius 2 is 2.03 bits per heavy atom. The van der Waals surface area contributed by atoms with Crippen molar-refractivity contribution in [1.29, 1.82) is 0 Å². The average molecular weight is 401 g/mol. The Balaban J connectivity index is 1.93. The first-order valence-corrected chi connectivity index (χ1v) is 10.8. The highest BCUT2D eigenvalue weighted by molar-refractivity contribution is 5.28. The van der Waals surface area contributed by atoms with Gasteiger partial charge in [0.15, 0.2) is 0 Å². The largest absolute Gasteiger partial charge is 0.349 e. The van der Waals surface area contributed by atoms with Crippen LogP contribution in [0, 0.1) is 23.5 Å². The van der Waals surface area contributed by atoms with Gasteiger partial charge in [-0.3, -0.25) is 0 Å². The van der Waals surface area contributed by atoms with Crippen molar-refractivity contribution in [2.45, 2.75) is 58.4 Å². The van der Waals surface area contributed by atoms with Crippen LogP contribution in [-0.2, 0) is 6.42 Å². The minimum atomic E-state index is -0.535. The first-order valence-electron chi connectivity index (χ1n) is 10.8. The lowest BCUT2D eigenvalue weighted by molar-refractivity contribution is 0.188. The lowest BCUT2D eigenvalue weighted by Crippen LogP contribution is -2.43. The molecular formula is C25H34F2N2. The molecule has 2 bridgehead atoms. The van der Waals surface area contributed by atoms with Crippen LogP contribution in [0.4, 0.5) is 8.78 Å². The van der Waals surface area contributed by atoms with Crippen LogP contribution in [0.15, 0.2) is 53.9 Å². The maximum atomic E-state index is 14.1. The molecule has 2 nitrogen and oxygen atoms in total. The molecule has 1 aromatic carbocycles. The van der Waals surface area contributed by atoms with Crippen LogP contribution in [0.1, 0.15) is 51.5 Å². The molecule has 0 amide bonds. The number of hydrogen-bond acceptors (Lipinski definition) is 2. The number of nitrogens with one attached hydrogen (secondary N) is 1. The maximum absolute atomic E-state index is 14.1. The topological polar surface area (TPSA) is 15.3 Å². The van der Waals surface area contributed by atoms with Gasteiger partial charge in [-0.1, -0.05) is 37.1 Å². The van der Waals surface area contributed by atoms with Crippen molar-refractivity contribution in [2.24, 2.45) is 11.8 Å². The van der Waals surface area contributed by atoms with Crippen molar-refractivity contribution in [3.05, 3.63) is 71.1 Å². The number of benzene rings is 1. The van der Waals surface area contributed by atoms with E-state index in [1.807, 2.05) is 20.0 Å². The van der Waals surface area contributed by atoms with E-state index >= 15 is 0 Å². The number of allylic oxidation sites excluding steroid dienone is 4. The molecule has 0 aromatic heterocycles. The Bertz CT molecular complexity index is 796. The van der Waals surface area contributed by atoms with Crippen LogP contribution in [0.3, 0.4) is 0 Å². The monoisotopic (exact) mass is 400 g/mol. The van der Waals surface area contributed by atoms with Gasteiger partial charge in [0.25, 0.3) is 0 Å². The Labute approximate surface area is 174 Å². The zero-order chi connectivity index (χ0) is 21.0. The summed E-state index contributed by atoms with van der Waals surface area (Å²) in [6.07, 6.45) is 10.9. The first kappa shape index (κ1) is 21.8. The van der Waals surface area contributed by atoms with Crippen LogP contribution >= 0.6 is 0 Å². The van der Waals surface area contributed by atoms with Crippen molar-refractivity contribution in [1.82, 2.24) is 10.2 Å². The van der Waals surface area contributed by atoms with Crippen LogP contribution in [0.5, 0.6) is 0 Å². The standard InChI is InChI=1S/C25H34F2N2/c1-5-18(3)25-21-8-6-7-19(12-21)13-23(28-4)16-29(25)15-17(2)11-20-9-10-22(26)14-24(20)27/h5,9-10,14-15,19,21,23,28H,1,6-8,11-13,16H2,2-4H3/b17-15+,25-18-. The van der Waals surface area contributed by atoms with Gasteiger partial charge in [-0.25, -0.2) is 8.78 Å². The average Bonchev–Trinajstić information content (AvgIpc) is 2.69. The summed E-state index contributed by atoms with van der Waals surface area (Å²) in [5.41, 5.74) is 4.18. The summed E-state index contributed by atoms with van der Waals surface area (Å²) in [4.78, 5) is 2.38. The van der Waals surface area contributed by atoms with Crippen LogP contribution < -0.4 is 5.32 Å². The molecule has 1 aromatic rings. The summed E-state index contributed by atoms with van der Waals surface area (Å²) in [5, 5.41) is 3.50. The summed E-state index contributed by atoms with van der Waals surface area (Å²) >= 11 is 0. The van der Waals surface area contributed by atoms with Crippen LogP contribution in [0.25, 0.3) is 0 Å². The fourth-order valence-electron chi connectivity index (χ4n) is 5.06. The van der Waals surface area contributed by atoms with Gasteiger partial charge < -0.3 is 10.2 Å². The number of likely N-dealkylation sites (tertiary alicyclic amines) is 1. The van der Waals surface area contributed by atoms with Gasteiger partial charge in [0.1, 0.15) is 11.6 Å². The molecule has 1 aliphatic carbocycles. The molecule has 1 N–H and O–H groups in total. The van der Waals surface area contributed by atoms with Crippen LogP contribution in [-0.4, -0.2) is 24.5 Å². The Morgan fingerprint density at radius 1 is 1.24 bits per heavy atom. The molecule has 3 atom stereocenters. The highest BCUT2D eigenvalue weighted by Gasteiger charge is 2.33. The van der Waals surface area contributed by atoms with Crippen molar-refractivity contribution in [3.8, 4) is 0 Å². The second-order valence-corrected chi connectivity index (χ2v) is 8.76. The van der Waals surface area contributed by atoms with Gasteiger partial charge in [-0.05, 0) is 75.6 Å². The summed E-state index contributed by atoms with van der Waals surface area (Å²) < 4.78 is 27.4. The van der Waals surface area contributed by atoms with Gasteiger partial charge in [-0.15, -0.1) is 0 Å². The van der Waals surface area contributed by atoms with E-state index in [4.69, 9.17) is 0 Å². The van der Waals surface area contributed by atoms with E-state index in [-0.39, 0.29) is 0 Å². The number of fused-ring (bicyclic) bond motifs is 2. The summed E-state index contributed by atoms with van der Waals surface area (Å²) in [6.45, 7) is 9.10. The van der Waals surface area contributed by atoms with Crippen molar-refractivity contribution < 1.29 is 8.78 Å². The molecule has 2 fully saturated rings. The van der Waals surface area contributed by atoms with E-state index < -0.39 is 11.6 Å². The molecule has 4 heteroatoms. The second-order valence-electron chi connectivity index (χ2n) is 8.76. The molecule has 1 heterocycles. The Morgan fingerprint density at radius 3 is 2.72 bits per heavy atom. The Hall–Kier alpha value is -1.94. The van der Waals surface area contributed by atoms with Gasteiger partial charge in [0.2, 0.25) is 0 Å². The van der Waals surface area contributed by atoms with Crippen molar-refractivity contribution in [2.75, 3.05) is 13.6 Å². The number of nitrogens with zero attached hydrogens (tertiary/aromatic N) is 1. The molecule has 1 saturated carbocycles. The fraction of sp³-hybridized carbons (Fsp3) is 0.520. The molecular weight excluding hydrogens is 366 g/mol. The lowest BCUT2D eigenvalue weighted by atomic mass is 9.74. The third kappa shape index (κ3) is 5.36. The first-order chi connectivity index (χ1) is 13.9. The van der Waals surface area contributed by atoms with Crippen molar-refractivity contribution in [3.63, 3.8) is 0 Å². The molecule has 1 saturated heterocycles. The third-order valence-electron chi connectivity index (χ3n) is 6.49. The number of halogens is 2. The summed E-state index contributed by atoms with van der Waals surface area (Å²) in [5.74, 6) is 0.314. The molecule has 29 heavy (non-hydrogen) atoms. The fourth-order valence-corrected chi connectivity index (χ4v) is 5.06. The SMILES string of the molecule is C=C/C(C)=C1/C2CCCC(CC(NC)CN1/C=C(\C)Cc1ccc(F)cc1F)C2. The zero-order valence-electron chi connectivity index (χ0n) is 18.0. The number of likely N-dealkylation sites (N-methyl/N-ethyl adjacent to an activating group) is 1. The molecule has 2 aliphatic rings. The van der Waals surface area contributed by atoms with Gasteiger partial charge in [-0.2, -0.15) is 0 Å². The van der Waals surface area contributed by atoms with Crippen molar-refractivity contribution >= 4 is 0 Å². The van der Waals surface area contributed by atoms with E-state index in [2.05, 4.69) is 29.9 Å². The third-order valence-corrected chi connectivity index (χ3v) is 6.49. The predicted octanol–water partition coefficient (Wildman–Crippen LogP) is 5.97.